The number of imide groups is 1. The van der Waals surface area contributed by atoms with Gasteiger partial charge in [-0.05, 0) is 18.4 Å². The van der Waals surface area contributed by atoms with Gasteiger partial charge in [-0.25, -0.2) is 0 Å². The first-order valence-electron chi connectivity index (χ1n) is 6.62. The molecule has 1 saturated heterocycles. The molecule has 3 nitrogen and oxygen atoms in total. The molecule has 2 atom stereocenters. The summed E-state index contributed by atoms with van der Waals surface area (Å²) in [4.78, 5) is 23.9. The van der Waals surface area contributed by atoms with Crippen LogP contribution in [-0.4, -0.2) is 11.8 Å². The Morgan fingerprint density at radius 2 is 1.89 bits per heavy atom. The number of fused-ring (bicyclic) bond motifs is 1. The number of nitrogens with one attached hydrogen (secondary N) is 1. The van der Waals surface area contributed by atoms with Crippen LogP contribution in [0.5, 0.6) is 0 Å². The van der Waals surface area contributed by atoms with Crippen LogP contribution in [0, 0.1) is 5.92 Å². The van der Waals surface area contributed by atoms with E-state index in [1.54, 1.807) is 0 Å². The van der Waals surface area contributed by atoms with Crippen LogP contribution in [0.15, 0.2) is 30.3 Å². The highest BCUT2D eigenvalue weighted by molar-refractivity contribution is 6.00. The van der Waals surface area contributed by atoms with Crippen molar-refractivity contribution in [1.82, 2.24) is 5.32 Å². The Morgan fingerprint density at radius 3 is 2.67 bits per heavy atom. The number of hydrogen-bond donors (Lipinski definition) is 1. The van der Waals surface area contributed by atoms with Gasteiger partial charge in [0.2, 0.25) is 11.8 Å². The molecule has 0 spiro atoms. The zero-order chi connectivity index (χ0) is 12.6. The fraction of sp³-hybridized carbons (Fsp3) is 0.467. The van der Waals surface area contributed by atoms with E-state index in [0.29, 0.717) is 6.42 Å². The minimum absolute atomic E-state index is 0.0358. The van der Waals surface area contributed by atoms with Crippen molar-refractivity contribution in [2.75, 3.05) is 0 Å². The van der Waals surface area contributed by atoms with E-state index in [2.05, 4.69) is 17.4 Å². The van der Waals surface area contributed by atoms with Gasteiger partial charge in [-0.15, -0.1) is 0 Å². The monoisotopic (exact) mass is 243 g/mol. The Hall–Kier alpha value is -1.64. The quantitative estimate of drug-likeness (QED) is 0.768. The maximum absolute atomic E-state index is 12.1. The van der Waals surface area contributed by atoms with Crippen molar-refractivity contribution in [3.63, 3.8) is 0 Å². The predicted octanol–water partition coefficient (Wildman–Crippen LogP) is 2.16. The third-order valence-corrected chi connectivity index (χ3v) is 4.44. The third kappa shape index (κ3) is 1.65. The summed E-state index contributed by atoms with van der Waals surface area (Å²) in [6, 6.07) is 10.1. The molecule has 0 aromatic heterocycles. The maximum Gasteiger partial charge on any atom is 0.230 e. The Kier molecular flexibility index (Phi) is 2.69. The minimum atomic E-state index is -0.251. The van der Waals surface area contributed by atoms with Crippen LogP contribution in [0.2, 0.25) is 0 Å². The zero-order valence-electron chi connectivity index (χ0n) is 10.3. The molecule has 1 N–H and O–H groups in total. The molecule has 0 radical (unpaired) electrons. The third-order valence-electron chi connectivity index (χ3n) is 4.44. The van der Waals surface area contributed by atoms with Crippen molar-refractivity contribution >= 4 is 11.8 Å². The van der Waals surface area contributed by atoms with E-state index in [0.717, 1.165) is 31.2 Å². The molecule has 1 aromatic carbocycles. The molecule has 94 valence electrons. The summed E-state index contributed by atoms with van der Waals surface area (Å²) in [5, 5.41) is 2.50. The SMILES string of the molecule is O=C1C[C@]2(c3ccccc3)CCCC[C@H]2C(=O)N1. The first kappa shape index (κ1) is 11.5. The van der Waals surface area contributed by atoms with Gasteiger partial charge in [0.15, 0.2) is 0 Å². The second kappa shape index (κ2) is 4.23. The van der Waals surface area contributed by atoms with E-state index in [1.165, 1.54) is 0 Å². The molecule has 1 aliphatic carbocycles. The van der Waals surface area contributed by atoms with Gasteiger partial charge in [0, 0.05) is 17.8 Å². The van der Waals surface area contributed by atoms with Gasteiger partial charge in [-0.3, -0.25) is 14.9 Å². The lowest BCUT2D eigenvalue weighted by atomic mass is 9.59. The molecule has 1 aromatic rings. The van der Waals surface area contributed by atoms with Gasteiger partial charge >= 0.3 is 0 Å². The lowest BCUT2D eigenvalue weighted by Gasteiger charge is -2.46. The van der Waals surface area contributed by atoms with Crippen LogP contribution >= 0.6 is 0 Å². The molecule has 2 aliphatic rings. The number of carbonyl (C=O) groups excluding carboxylic acids is 2. The molecule has 1 aliphatic heterocycles. The second-order valence-corrected chi connectivity index (χ2v) is 5.41. The molecule has 1 saturated carbocycles. The van der Waals surface area contributed by atoms with Crippen LogP contribution in [0.3, 0.4) is 0 Å². The molecule has 18 heavy (non-hydrogen) atoms. The lowest BCUT2D eigenvalue weighted by molar-refractivity contribution is -0.141. The normalized spacial score (nSPS) is 31.7. The smallest absolute Gasteiger partial charge is 0.230 e. The predicted molar refractivity (Wildman–Crippen MR) is 67.8 cm³/mol. The molecular formula is C15H17NO2. The van der Waals surface area contributed by atoms with E-state index in [1.807, 2.05) is 18.2 Å². The van der Waals surface area contributed by atoms with Crippen LogP contribution < -0.4 is 5.32 Å². The number of hydrogen-bond acceptors (Lipinski definition) is 2. The maximum atomic E-state index is 12.1. The largest absolute Gasteiger partial charge is 0.296 e. The summed E-state index contributed by atoms with van der Waals surface area (Å²) in [6.45, 7) is 0. The fourth-order valence-corrected chi connectivity index (χ4v) is 3.61. The number of benzene rings is 1. The molecule has 0 bridgehead atoms. The highest BCUT2D eigenvalue weighted by atomic mass is 16.2. The van der Waals surface area contributed by atoms with Crippen molar-refractivity contribution in [3.8, 4) is 0 Å². The molecular weight excluding hydrogens is 226 g/mol. The molecule has 3 heteroatoms. The minimum Gasteiger partial charge on any atom is -0.296 e. The summed E-state index contributed by atoms with van der Waals surface area (Å²) in [5.41, 5.74) is 0.900. The Bertz CT molecular complexity index is 483. The van der Waals surface area contributed by atoms with Crippen molar-refractivity contribution in [2.24, 2.45) is 5.92 Å². The van der Waals surface area contributed by atoms with Gasteiger partial charge in [0.1, 0.15) is 0 Å². The van der Waals surface area contributed by atoms with Crippen molar-refractivity contribution in [1.29, 1.82) is 0 Å². The van der Waals surface area contributed by atoms with E-state index >= 15 is 0 Å². The van der Waals surface area contributed by atoms with Crippen LogP contribution in [0.4, 0.5) is 0 Å². The Labute approximate surface area is 107 Å². The lowest BCUT2D eigenvalue weighted by Crippen LogP contribution is -2.55. The van der Waals surface area contributed by atoms with Crippen LogP contribution in [0.25, 0.3) is 0 Å². The van der Waals surface area contributed by atoms with Crippen molar-refractivity contribution in [2.45, 2.75) is 37.5 Å². The summed E-state index contributed by atoms with van der Waals surface area (Å²) in [6.07, 6.45) is 4.48. The van der Waals surface area contributed by atoms with Gasteiger partial charge in [-0.1, -0.05) is 43.2 Å². The summed E-state index contributed by atoms with van der Waals surface area (Å²) in [5.74, 6) is -0.233. The standard InChI is InChI=1S/C15H17NO2/c17-13-10-15(11-6-2-1-3-7-11)9-5-4-8-12(15)14(18)16-13/h1-3,6-7,12H,4-5,8-10H2,(H,16,17,18)/t12-,15-/m0/s1. The van der Waals surface area contributed by atoms with Gasteiger partial charge in [0.05, 0.1) is 0 Å². The highest BCUT2D eigenvalue weighted by Gasteiger charge is 2.50. The van der Waals surface area contributed by atoms with Gasteiger partial charge in [0.25, 0.3) is 0 Å². The van der Waals surface area contributed by atoms with E-state index in [-0.39, 0.29) is 23.1 Å². The van der Waals surface area contributed by atoms with Crippen LogP contribution in [0.1, 0.15) is 37.7 Å². The first-order valence-corrected chi connectivity index (χ1v) is 6.62. The number of carbonyl (C=O) groups is 2. The summed E-state index contributed by atoms with van der Waals surface area (Å²) >= 11 is 0. The fourth-order valence-electron chi connectivity index (χ4n) is 3.61. The number of rotatable bonds is 1. The van der Waals surface area contributed by atoms with E-state index in [4.69, 9.17) is 0 Å². The van der Waals surface area contributed by atoms with Crippen LogP contribution in [-0.2, 0) is 15.0 Å². The van der Waals surface area contributed by atoms with Crippen molar-refractivity contribution < 1.29 is 9.59 Å². The summed E-state index contributed by atoms with van der Waals surface area (Å²) < 4.78 is 0. The summed E-state index contributed by atoms with van der Waals surface area (Å²) in [7, 11) is 0. The average Bonchev–Trinajstić information content (AvgIpc) is 2.39. The topological polar surface area (TPSA) is 46.2 Å². The number of amides is 2. The molecule has 3 rings (SSSR count). The van der Waals surface area contributed by atoms with E-state index < -0.39 is 0 Å². The molecule has 0 unspecified atom stereocenters. The Morgan fingerprint density at radius 1 is 1.11 bits per heavy atom. The number of piperidine rings is 1. The average molecular weight is 243 g/mol. The van der Waals surface area contributed by atoms with Crippen molar-refractivity contribution in [3.05, 3.63) is 35.9 Å². The van der Waals surface area contributed by atoms with E-state index in [9.17, 15) is 9.59 Å². The van der Waals surface area contributed by atoms with Gasteiger partial charge in [-0.2, -0.15) is 0 Å². The highest BCUT2D eigenvalue weighted by Crippen LogP contribution is 2.48. The van der Waals surface area contributed by atoms with Gasteiger partial charge < -0.3 is 0 Å². The first-order chi connectivity index (χ1) is 8.72. The molecule has 2 amide bonds. The Balaban J connectivity index is 2.08. The molecule has 1 heterocycles. The molecule has 2 fully saturated rings. The zero-order valence-corrected chi connectivity index (χ0v) is 10.3. The second-order valence-electron chi connectivity index (χ2n) is 5.41.